The molecule has 1 N–H and O–H groups in total. The van der Waals surface area contributed by atoms with Crippen LogP contribution in [-0.2, 0) is 11.2 Å². The Kier molecular flexibility index (Phi) is 5.25. The summed E-state index contributed by atoms with van der Waals surface area (Å²) in [6, 6.07) is 14.8. The fraction of sp³-hybridized carbons (Fsp3) is 0.111. The second-order valence-corrected chi connectivity index (χ2v) is 7.44. The van der Waals surface area contributed by atoms with Gasteiger partial charge in [-0.2, -0.15) is 0 Å². The number of halogens is 1. The molecule has 0 bridgehead atoms. The van der Waals surface area contributed by atoms with E-state index < -0.39 is 0 Å². The predicted molar refractivity (Wildman–Crippen MR) is 104 cm³/mol. The van der Waals surface area contributed by atoms with Crippen LogP contribution in [-0.4, -0.2) is 27.7 Å². The number of thioether (sulfide) groups is 1. The largest absolute Gasteiger partial charge is 0.507 e. The molecule has 4 nitrogen and oxygen atoms in total. The van der Waals surface area contributed by atoms with E-state index in [2.05, 4.69) is 0 Å². The quantitative estimate of drug-likeness (QED) is 0.557. The van der Waals surface area contributed by atoms with E-state index in [0.717, 1.165) is 22.9 Å². The number of benzene rings is 2. The number of hydrogen-bond donors (Lipinski definition) is 1. The highest BCUT2D eigenvalue weighted by atomic mass is 127. The Bertz CT molecular complexity index is 820. The van der Waals surface area contributed by atoms with Crippen LogP contribution in [0, 0.1) is 3.57 Å². The van der Waals surface area contributed by atoms with Crippen molar-refractivity contribution in [2.75, 3.05) is 6.54 Å². The summed E-state index contributed by atoms with van der Waals surface area (Å²) in [4.78, 5) is 26.3. The van der Waals surface area contributed by atoms with Crippen LogP contribution in [0.5, 0.6) is 5.75 Å². The van der Waals surface area contributed by atoms with Gasteiger partial charge in [-0.1, -0.05) is 36.4 Å². The molecule has 3 rings (SSSR count). The van der Waals surface area contributed by atoms with Crippen molar-refractivity contribution < 1.29 is 14.7 Å². The van der Waals surface area contributed by atoms with Crippen molar-refractivity contribution in [2.24, 2.45) is 0 Å². The van der Waals surface area contributed by atoms with Crippen LogP contribution in [0.4, 0.5) is 4.79 Å². The molecule has 0 saturated carbocycles. The van der Waals surface area contributed by atoms with E-state index in [9.17, 15) is 14.7 Å². The van der Waals surface area contributed by atoms with Gasteiger partial charge in [-0.15, -0.1) is 0 Å². The molecule has 2 aromatic rings. The van der Waals surface area contributed by atoms with Gasteiger partial charge in [0.15, 0.2) is 0 Å². The van der Waals surface area contributed by atoms with E-state index >= 15 is 0 Å². The summed E-state index contributed by atoms with van der Waals surface area (Å²) in [5.41, 5.74) is 1.87. The summed E-state index contributed by atoms with van der Waals surface area (Å²) in [5, 5.41) is 9.32. The number of imide groups is 1. The lowest BCUT2D eigenvalue weighted by Gasteiger charge is -2.12. The maximum atomic E-state index is 12.5. The highest BCUT2D eigenvalue weighted by Crippen LogP contribution is 2.33. The number of carbonyl (C=O) groups excluding carboxylic acids is 2. The molecule has 1 heterocycles. The van der Waals surface area contributed by atoms with Gasteiger partial charge in [-0.25, -0.2) is 0 Å². The lowest BCUT2D eigenvalue weighted by molar-refractivity contribution is -0.122. The zero-order chi connectivity index (χ0) is 17.1. The number of phenolic OH excluding ortho intramolecular Hbond substituents is 1. The zero-order valence-electron chi connectivity index (χ0n) is 12.6. The van der Waals surface area contributed by atoms with Crippen molar-refractivity contribution in [1.29, 1.82) is 0 Å². The summed E-state index contributed by atoms with van der Waals surface area (Å²) < 4.78 is 0.699. The Labute approximate surface area is 157 Å². The second-order valence-electron chi connectivity index (χ2n) is 5.28. The Balaban J connectivity index is 1.73. The van der Waals surface area contributed by atoms with Crippen molar-refractivity contribution in [3.05, 3.63) is 68.1 Å². The van der Waals surface area contributed by atoms with Crippen LogP contribution < -0.4 is 0 Å². The molecule has 122 valence electrons. The molecule has 1 aliphatic heterocycles. The molecule has 0 aliphatic carbocycles. The minimum atomic E-state index is -0.260. The van der Waals surface area contributed by atoms with Gasteiger partial charge in [-0.05, 0) is 70.1 Å². The summed E-state index contributed by atoms with van der Waals surface area (Å²) in [7, 11) is 0. The van der Waals surface area contributed by atoms with Crippen LogP contribution in [0.25, 0.3) is 6.08 Å². The number of amides is 2. The standard InChI is InChI=1S/C18H14INO3S/c19-14-10-13(6-7-15(14)21)11-16-17(22)20(18(23)24-16)9-8-12-4-2-1-3-5-12/h1-7,10-11,21H,8-9H2/b16-11-. The monoisotopic (exact) mass is 451 g/mol. The zero-order valence-corrected chi connectivity index (χ0v) is 15.6. The average molecular weight is 451 g/mol. The third-order valence-corrected chi connectivity index (χ3v) is 5.38. The SMILES string of the molecule is O=C1S/C(=C\c2ccc(O)c(I)c2)C(=O)N1CCc1ccccc1. The second kappa shape index (κ2) is 7.40. The topological polar surface area (TPSA) is 57.6 Å². The number of aromatic hydroxyl groups is 1. The minimum absolute atomic E-state index is 0.198. The number of hydrogen-bond acceptors (Lipinski definition) is 4. The first-order chi connectivity index (χ1) is 11.5. The molecular formula is C18H14INO3S. The molecule has 6 heteroatoms. The highest BCUT2D eigenvalue weighted by molar-refractivity contribution is 14.1. The number of rotatable bonds is 4. The Morgan fingerprint density at radius 2 is 1.88 bits per heavy atom. The van der Waals surface area contributed by atoms with E-state index in [0.29, 0.717) is 21.4 Å². The molecule has 0 radical (unpaired) electrons. The van der Waals surface area contributed by atoms with Crippen molar-refractivity contribution in [2.45, 2.75) is 6.42 Å². The minimum Gasteiger partial charge on any atom is -0.507 e. The van der Waals surface area contributed by atoms with E-state index in [1.807, 2.05) is 52.9 Å². The van der Waals surface area contributed by atoms with Gasteiger partial charge < -0.3 is 5.11 Å². The predicted octanol–water partition coefficient (Wildman–Crippen LogP) is 4.28. The maximum Gasteiger partial charge on any atom is 0.293 e. The average Bonchev–Trinajstić information content (AvgIpc) is 2.84. The van der Waals surface area contributed by atoms with Gasteiger partial charge in [-0.3, -0.25) is 14.5 Å². The molecule has 1 aliphatic rings. The van der Waals surface area contributed by atoms with Crippen molar-refractivity contribution in [3.8, 4) is 5.75 Å². The van der Waals surface area contributed by atoms with E-state index in [-0.39, 0.29) is 16.9 Å². The fourth-order valence-corrected chi connectivity index (χ4v) is 3.75. The van der Waals surface area contributed by atoms with Crippen LogP contribution in [0.3, 0.4) is 0 Å². The third kappa shape index (κ3) is 3.81. The first-order valence-corrected chi connectivity index (χ1v) is 9.22. The molecule has 1 saturated heterocycles. The molecule has 0 atom stereocenters. The lowest BCUT2D eigenvalue weighted by Crippen LogP contribution is -2.30. The normalized spacial score (nSPS) is 16.2. The Morgan fingerprint density at radius 1 is 1.12 bits per heavy atom. The van der Waals surface area contributed by atoms with Gasteiger partial charge >= 0.3 is 0 Å². The van der Waals surface area contributed by atoms with Gasteiger partial charge in [0.25, 0.3) is 11.1 Å². The van der Waals surface area contributed by atoms with E-state index in [1.165, 1.54) is 4.90 Å². The van der Waals surface area contributed by atoms with Gasteiger partial charge in [0.1, 0.15) is 5.75 Å². The summed E-state index contributed by atoms with van der Waals surface area (Å²) in [6.45, 7) is 0.374. The maximum absolute atomic E-state index is 12.5. The smallest absolute Gasteiger partial charge is 0.293 e. The highest BCUT2D eigenvalue weighted by Gasteiger charge is 2.34. The van der Waals surface area contributed by atoms with Crippen molar-refractivity contribution in [1.82, 2.24) is 4.90 Å². The van der Waals surface area contributed by atoms with Crippen LogP contribution in [0.1, 0.15) is 11.1 Å². The van der Waals surface area contributed by atoms with Gasteiger partial charge in [0.2, 0.25) is 0 Å². The summed E-state index contributed by atoms with van der Waals surface area (Å²) >= 11 is 2.98. The van der Waals surface area contributed by atoms with E-state index in [4.69, 9.17) is 0 Å². The molecule has 0 unspecified atom stereocenters. The molecule has 0 spiro atoms. The molecule has 1 fully saturated rings. The van der Waals surface area contributed by atoms with Gasteiger partial charge in [0.05, 0.1) is 8.48 Å². The van der Waals surface area contributed by atoms with E-state index in [1.54, 1.807) is 24.3 Å². The number of phenols is 1. The van der Waals surface area contributed by atoms with Crippen LogP contribution >= 0.6 is 34.4 Å². The molecule has 2 aromatic carbocycles. The molecular weight excluding hydrogens is 437 g/mol. The number of nitrogens with zero attached hydrogens (tertiary/aromatic N) is 1. The summed E-state index contributed by atoms with van der Waals surface area (Å²) in [5.74, 6) is -0.0623. The lowest BCUT2D eigenvalue weighted by atomic mass is 10.1. The van der Waals surface area contributed by atoms with Crippen molar-refractivity contribution >= 4 is 51.6 Å². The third-order valence-electron chi connectivity index (χ3n) is 3.61. The fourth-order valence-electron chi connectivity index (χ4n) is 2.34. The molecule has 0 aromatic heterocycles. The molecule has 24 heavy (non-hydrogen) atoms. The van der Waals surface area contributed by atoms with Crippen LogP contribution in [0.15, 0.2) is 53.4 Å². The molecule has 2 amide bonds. The van der Waals surface area contributed by atoms with Gasteiger partial charge in [0, 0.05) is 6.54 Å². The first-order valence-electron chi connectivity index (χ1n) is 7.32. The Morgan fingerprint density at radius 3 is 2.58 bits per heavy atom. The van der Waals surface area contributed by atoms with Crippen LogP contribution in [0.2, 0.25) is 0 Å². The van der Waals surface area contributed by atoms with Crippen molar-refractivity contribution in [3.63, 3.8) is 0 Å². The summed E-state index contributed by atoms with van der Waals surface area (Å²) in [6.07, 6.45) is 2.33. The Hall–Kier alpha value is -1.80. The number of carbonyl (C=O) groups is 2. The first kappa shape index (κ1) is 17.0.